The molecule has 234 valence electrons. The van der Waals surface area contributed by atoms with Gasteiger partial charge in [0.15, 0.2) is 6.10 Å². The monoisotopic (exact) mass is 618 g/mol. The fraction of sp³-hybridized carbons (Fsp3) is 0.417. The van der Waals surface area contributed by atoms with E-state index in [0.717, 1.165) is 71.4 Å². The third-order valence-corrected chi connectivity index (χ3v) is 8.96. The van der Waals surface area contributed by atoms with Gasteiger partial charge in [-0.25, -0.2) is 4.79 Å². The first-order valence-electron chi connectivity index (χ1n) is 15.3. The highest BCUT2D eigenvalue weighted by Crippen LogP contribution is 2.37. The van der Waals surface area contributed by atoms with Crippen LogP contribution in [0.4, 0.5) is 0 Å². The summed E-state index contributed by atoms with van der Waals surface area (Å²) in [6, 6.07) is 19.7. The normalized spacial score (nSPS) is 15.4. The highest BCUT2D eigenvalue weighted by Gasteiger charge is 2.35. The lowest BCUT2D eigenvalue weighted by Crippen LogP contribution is -2.22. The Balaban J connectivity index is 1.50. The van der Waals surface area contributed by atoms with Gasteiger partial charge in [-0.15, -0.1) is 11.3 Å². The van der Waals surface area contributed by atoms with Crippen molar-refractivity contribution < 1.29 is 33.3 Å². The number of hydrogen-bond acceptors (Lipinski definition) is 8. The maximum Gasteiger partial charge on any atom is 0.348 e. The van der Waals surface area contributed by atoms with Crippen molar-refractivity contribution >= 4 is 34.6 Å². The Hall–Kier alpha value is -3.75. The van der Waals surface area contributed by atoms with Gasteiger partial charge in [0, 0.05) is 23.8 Å². The zero-order valence-electron chi connectivity index (χ0n) is 26.1. The second-order valence-electron chi connectivity index (χ2n) is 11.0. The van der Waals surface area contributed by atoms with Crippen molar-refractivity contribution in [2.24, 2.45) is 0 Å². The molecule has 0 N–H and O–H groups in total. The minimum atomic E-state index is -0.792. The molecule has 1 aromatic heterocycles. The SMILES string of the molecule is CCCCCC(OCc1ccc(OC)cc1)c1ccc(C2=C(CCCc3ccc(C(=O)OC)s3)CC(OC(C)=O)C2=O)cc1. The Morgan fingerprint density at radius 3 is 2.34 bits per heavy atom. The maximum absolute atomic E-state index is 13.5. The quantitative estimate of drug-likeness (QED) is 0.119. The Bertz CT molecular complexity index is 1440. The number of methoxy groups -OCH3 is 2. The van der Waals surface area contributed by atoms with Gasteiger partial charge in [-0.3, -0.25) is 9.59 Å². The van der Waals surface area contributed by atoms with E-state index in [2.05, 4.69) is 19.1 Å². The molecule has 0 amide bonds. The van der Waals surface area contributed by atoms with E-state index in [4.69, 9.17) is 18.9 Å². The first kappa shape index (κ1) is 33.1. The minimum Gasteiger partial charge on any atom is -0.497 e. The predicted molar refractivity (Wildman–Crippen MR) is 172 cm³/mol. The van der Waals surface area contributed by atoms with Gasteiger partial charge < -0.3 is 18.9 Å². The van der Waals surface area contributed by atoms with Gasteiger partial charge in [-0.1, -0.05) is 68.2 Å². The molecule has 1 heterocycles. The van der Waals surface area contributed by atoms with Gasteiger partial charge in [-0.2, -0.15) is 0 Å². The van der Waals surface area contributed by atoms with Gasteiger partial charge in [-0.05, 0) is 66.6 Å². The van der Waals surface area contributed by atoms with Crippen LogP contribution in [0.1, 0.15) is 96.1 Å². The predicted octanol–water partition coefficient (Wildman–Crippen LogP) is 8.06. The lowest BCUT2D eigenvalue weighted by atomic mass is 9.95. The van der Waals surface area contributed by atoms with Crippen molar-refractivity contribution in [3.63, 3.8) is 0 Å². The first-order valence-corrected chi connectivity index (χ1v) is 16.1. The van der Waals surface area contributed by atoms with Crippen LogP contribution in [0.15, 0.2) is 66.2 Å². The van der Waals surface area contributed by atoms with Crippen LogP contribution in [0, 0.1) is 0 Å². The highest BCUT2D eigenvalue weighted by molar-refractivity contribution is 7.13. The van der Waals surface area contributed by atoms with Crippen LogP contribution in [0.2, 0.25) is 0 Å². The molecule has 3 aromatic rings. The number of benzene rings is 2. The summed E-state index contributed by atoms with van der Waals surface area (Å²) < 4.78 is 21.9. The maximum atomic E-state index is 13.5. The van der Waals surface area contributed by atoms with Crippen LogP contribution in [0.5, 0.6) is 5.75 Å². The molecule has 2 atom stereocenters. The fourth-order valence-electron chi connectivity index (χ4n) is 5.53. The number of hydrogen-bond donors (Lipinski definition) is 0. The van der Waals surface area contributed by atoms with E-state index in [9.17, 15) is 14.4 Å². The second kappa shape index (κ2) is 16.4. The highest BCUT2D eigenvalue weighted by atomic mass is 32.1. The van der Waals surface area contributed by atoms with E-state index in [0.29, 0.717) is 29.9 Å². The molecule has 0 fully saturated rings. The van der Waals surface area contributed by atoms with Gasteiger partial charge >= 0.3 is 11.9 Å². The lowest BCUT2D eigenvalue weighted by Gasteiger charge is -2.19. The van der Waals surface area contributed by atoms with Crippen LogP contribution < -0.4 is 4.74 Å². The van der Waals surface area contributed by atoms with E-state index >= 15 is 0 Å². The molecule has 4 rings (SSSR count). The number of rotatable bonds is 16. The van der Waals surface area contributed by atoms with E-state index < -0.39 is 12.1 Å². The van der Waals surface area contributed by atoms with Gasteiger partial charge in [0.25, 0.3) is 0 Å². The molecule has 0 saturated carbocycles. The summed E-state index contributed by atoms with van der Waals surface area (Å²) >= 11 is 1.43. The number of thiophene rings is 1. The average molecular weight is 619 g/mol. The molecule has 1 aliphatic rings. The van der Waals surface area contributed by atoms with Crippen molar-refractivity contribution in [1.29, 1.82) is 0 Å². The van der Waals surface area contributed by atoms with E-state index in [1.54, 1.807) is 13.2 Å². The summed E-state index contributed by atoms with van der Waals surface area (Å²) in [5, 5.41) is 0. The fourth-order valence-corrected chi connectivity index (χ4v) is 6.50. The molecular formula is C36H42O7S. The van der Waals surface area contributed by atoms with Crippen LogP contribution >= 0.6 is 11.3 Å². The standard InChI is InChI=1S/C36H42O7S/c1-5-6-7-11-31(42-23-25-12-18-29(40-3)19-13-25)26-14-16-27(17-15-26)34-28(22-32(35(34)38)43-24(2)37)9-8-10-30-20-21-33(44-30)36(39)41-4/h12-21,31-32H,5-11,22-23H2,1-4H3. The summed E-state index contributed by atoms with van der Waals surface area (Å²) in [6.45, 7) is 4.01. The topological polar surface area (TPSA) is 88.1 Å². The van der Waals surface area contributed by atoms with Crippen LogP contribution in [0.3, 0.4) is 0 Å². The lowest BCUT2D eigenvalue weighted by molar-refractivity contribution is -0.150. The van der Waals surface area contributed by atoms with Crippen molar-refractivity contribution in [3.05, 3.63) is 92.7 Å². The molecule has 2 aromatic carbocycles. The Labute approximate surface area is 264 Å². The number of unbranched alkanes of at least 4 members (excludes halogenated alkanes) is 2. The van der Waals surface area contributed by atoms with Crippen LogP contribution in [0.25, 0.3) is 5.57 Å². The molecular weight excluding hydrogens is 576 g/mol. The third-order valence-electron chi connectivity index (χ3n) is 7.83. The number of carbonyl (C=O) groups is 3. The van der Waals surface area contributed by atoms with Crippen molar-refractivity contribution in [3.8, 4) is 5.75 Å². The number of Topliss-reactive ketones (excluding diaryl/α,β-unsaturated/α-hetero) is 1. The summed E-state index contributed by atoms with van der Waals surface area (Å²) in [4.78, 5) is 38.7. The van der Waals surface area contributed by atoms with Crippen molar-refractivity contribution in [2.45, 2.75) is 84.0 Å². The van der Waals surface area contributed by atoms with E-state index in [1.807, 2.05) is 42.5 Å². The smallest absolute Gasteiger partial charge is 0.348 e. The van der Waals surface area contributed by atoms with Crippen LogP contribution in [-0.4, -0.2) is 38.0 Å². The van der Waals surface area contributed by atoms with E-state index in [-0.39, 0.29) is 17.9 Å². The summed E-state index contributed by atoms with van der Waals surface area (Å²) in [5.74, 6) is -0.132. The van der Waals surface area contributed by atoms with E-state index in [1.165, 1.54) is 25.4 Å². The Morgan fingerprint density at radius 1 is 0.932 bits per heavy atom. The zero-order chi connectivity index (χ0) is 31.5. The molecule has 0 aliphatic heterocycles. The number of carbonyl (C=O) groups excluding carboxylic acids is 3. The minimum absolute atomic E-state index is 0.0695. The summed E-state index contributed by atoms with van der Waals surface area (Å²) in [7, 11) is 3.03. The average Bonchev–Trinajstić information content (AvgIpc) is 3.63. The Kier molecular flexibility index (Phi) is 12.3. The summed E-state index contributed by atoms with van der Waals surface area (Å²) in [5.41, 5.74) is 4.62. The molecule has 7 nitrogen and oxygen atoms in total. The number of ether oxygens (including phenoxy) is 4. The molecule has 1 aliphatic carbocycles. The van der Waals surface area contributed by atoms with Gasteiger partial charge in [0.2, 0.25) is 5.78 Å². The molecule has 0 radical (unpaired) electrons. The molecule has 0 bridgehead atoms. The van der Waals surface area contributed by atoms with Crippen molar-refractivity contribution in [1.82, 2.24) is 0 Å². The number of esters is 2. The molecule has 2 unspecified atom stereocenters. The number of ketones is 1. The molecule has 44 heavy (non-hydrogen) atoms. The zero-order valence-corrected chi connectivity index (χ0v) is 26.9. The van der Waals surface area contributed by atoms with Gasteiger partial charge in [0.05, 0.1) is 26.9 Å². The largest absolute Gasteiger partial charge is 0.497 e. The second-order valence-corrected chi connectivity index (χ2v) is 12.2. The molecule has 0 saturated heterocycles. The first-order chi connectivity index (χ1) is 21.3. The van der Waals surface area contributed by atoms with Crippen LogP contribution in [-0.2, 0) is 36.8 Å². The van der Waals surface area contributed by atoms with Crippen molar-refractivity contribution in [2.75, 3.05) is 14.2 Å². The molecule has 8 heteroatoms. The number of aryl methyl sites for hydroxylation is 1. The summed E-state index contributed by atoms with van der Waals surface area (Å²) in [6.07, 6.45) is 6.05. The van der Waals surface area contributed by atoms with Gasteiger partial charge in [0.1, 0.15) is 10.6 Å². The third kappa shape index (κ3) is 8.89. The Morgan fingerprint density at radius 2 is 1.68 bits per heavy atom. The molecule has 0 spiro atoms.